The van der Waals surface area contributed by atoms with Gasteiger partial charge in [0.25, 0.3) is 5.91 Å². The van der Waals surface area contributed by atoms with Gasteiger partial charge < -0.3 is 10.4 Å². The van der Waals surface area contributed by atoms with Crippen LogP contribution in [0.4, 0.5) is 5.69 Å². The largest absolute Gasteiger partial charge is 0.506 e. The molecule has 0 aliphatic carbocycles. The van der Waals surface area contributed by atoms with Crippen LogP contribution < -0.4 is 10.8 Å². The minimum absolute atomic E-state index is 0.000427. The Morgan fingerprint density at radius 3 is 2.59 bits per heavy atom. The number of benzene rings is 1. The van der Waals surface area contributed by atoms with Crippen molar-refractivity contribution < 1.29 is 9.90 Å². The third-order valence-electron chi connectivity index (χ3n) is 2.36. The van der Waals surface area contributed by atoms with E-state index in [0.29, 0.717) is 11.3 Å². The van der Waals surface area contributed by atoms with E-state index < -0.39 is 0 Å². The lowest BCUT2D eigenvalue weighted by atomic mass is 9.95. The summed E-state index contributed by atoms with van der Waals surface area (Å²) >= 11 is 0. The van der Waals surface area contributed by atoms with Gasteiger partial charge in [-0.25, -0.2) is 0 Å². The van der Waals surface area contributed by atoms with Crippen molar-refractivity contribution in [2.75, 3.05) is 5.32 Å². The number of nitrogens with zero attached hydrogens (tertiary/aromatic N) is 1. The molecule has 1 amide bonds. The first-order chi connectivity index (χ1) is 8.16. The van der Waals surface area contributed by atoms with E-state index >= 15 is 0 Å². The Bertz CT molecular complexity index is 540. The molecule has 2 rings (SSSR count). The number of nitrogens with one attached hydrogen (secondary N) is 1. The maximum Gasteiger partial charge on any atom is 0.255 e. The van der Waals surface area contributed by atoms with E-state index in [1.165, 1.54) is 18.5 Å². The van der Waals surface area contributed by atoms with E-state index in [4.69, 9.17) is 0 Å². The molecule has 0 aliphatic rings. The highest BCUT2D eigenvalue weighted by Crippen LogP contribution is 2.20. The molecular weight excluding hydrogens is 215 g/mol. The molecule has 0 saturated carbocycles. The number of aromatic hydroxyl groups is 1. The number of hydrogen-bond acceptors (Lipinski definition) is 3. The predicted molar refractivity (Wildman–Crippen MR) is 68.5 cm³/mol. The molecule has 4 nitrogen and oxygen atoms in total. The van der Waals surface area contributed by atoms with E-state index in [1.807, 2.05) is 20.0 Å². The first-order valence-corrected chi connectivity index (χ1v) is 5.18. The Morgan fingerprint density at radius 2 is 1.94 bits per heavy atom. The van der Waals surface area contributed by atoms with Gasteiger partial charge in [-0.15, -0.1) is 0 Å². The lowest BCUT2D eigenvalue weighted by Crippen LogP contribution is -2.13. The third kappa shape index (κ3) is 2.63. The molecule has 1 aromatic heterocycles. The Labute approximate surface area is 99.7 Å². The van der Waals surface area contributed by atoms with Crippen LogP contribution in [0.15, 0.2) is 42.7 Å². The molecule has 2 N–H and O–H groups in total. The van der Waals surface area contributed by atoms with Crippen LogP contribution in [0.3, 0.4) is 0 Å². The van der Waals surface area contributed by atoms with Gasteiger partial charge in [0.15, 0.2) is 0 Å². The molecular formula is C12H11BN2O2. The Hall–Kier alpha value is -2.30. The number of anilines is 1. The summed E-state index contributed by atoms with van der Waals surface area (Å²) in [5.74, 6) is -0.270. The predicted octanol–water partition coefficient (Wildman–Crippen LogP) is 0.298. The molecule has 0 fully saturated rings. The molecule has 0 aliphatic heterocycles. The van der Waals surface area contributed by atoms with Gasteiger partial charge >= 0.3 is 0 Å². The molecule has 0 unspecified atom stereocenters. The highest BCUT2D eigenvalue weighted by molar-refractivity contribution is 6.32. The lowest BCUT2D eigenvalue weighted by molar-refractivity contribution is 0.102. The number of amides is 1. The number of hydrogen-bond donors (Lipinski definition) is 2. The van der Waals surface area contributed by atoms with E-state index in [2.05, 4.69) is 10.3 Å². The molecule has 17 heavy (non-hydrogen) atoms. The first-order valence-electron chi connectivity index (χ1n) is 5.18. The van der Waals surface area contributed by atoms with Gasteiger partial charge in [-0.2, -0.15) is 0 Å². The molecule has 1 heterocycles. The SMILES string of the molecule is Bc1ccc(C(=O)Nc2cnccc2O)cc1. The zero-order valence-corrected chi connectivity index (χ0v) is 9.34. The first kappa shape index (κ1) is 11.2. The second-order valence-electron chi connectivity index (χ2n) is 3.71. The van der Waals surface area contributed by atoms with E-state index in [1.54, 1.807) is 12.1 Å². The van der Waals surface area contributed by atoms with Crippen molar-refractivity contribution in [3.8, 4) is 5.75 Å². The summed E-state index contributed by atoms with van der Waals surface area (Å²) in [7, 11) is 1.95. The normalized spacial score (nSPS) is 9.88. The summed E-state index contributed by atoms with van der Waals surface area (Å²) in [6.07, 6.45) is 2.86. The molecule has 0 bridgehead atoms. The number of aromatic nitrogens is 1. The zero-order valence-electron chi connectivity index (χ0n) is 9.34. The smallest absolute Gasteiger partial charge is 0.255 e. The van der Waals surface area contributed by atoms with Gasteiger partial charge in [0.05, 0.1) is 6.20 Å². The molecule has 0 radical (unpaired) electrons. The summed E-state index contributed by atoms with van der Waals surface area (Å²) in [6.45, 7) is 0. The Morgan fingerprint density at radius 1 is 1.24 bits per heavy atom. The number of pyridine rings is 1. The van der Waals surface area contributed by atoms with Gasteiger partial charge in [0.2, 0.25) is 0 Å². The third-order valence-corrected chi connectivity index (χ3v) is 2.36. The molecule has 1 aromatic carbocycles. The molecule has 0 atom stereocenters. The maximum atomic E-state index is 11.8. The number of carbonyl (C=O) groups excluding carboxylic acids is 1. The van der Waals surface area contributed by atoms with Gasteiger partial charge in [-0.1, -0.05) is 29.7 Å². The van der Waals surface area contributed by atoms with E-state index in [0.717, 1.165) is 5.46 Å². The van der Waals surface area contributed by atoms with Gasteiger partial charge in [-0.3, -0.25) is 9.78 Å². The van der Waals surface area contributed by atoms with Crippen LogP contribution in [0.25, 0.3) is 0 Å². The number of carbonyl (C=O) groups is 1. The van der Waals surface area contributed by atoms with E-state index in [9.17, 15) is 9.90 Å². The van der Waals surface area contributed by atoms with Crippen molar-refractivity contribution in [1.29, 1.82) is 0 Å². The quantitative estimate of drug-likeness (QED) is 0.724. The van der Waals surface area contributed by atoms with Gasteiger partial charge in [-0.05, 0) is 0 Å². The van der Waals surface area contributed by atoms with Crippen molar-refractivity contribution in [1.82, 2.24) is 4.98 Å². The Kier molecular flexibility index (Phi) is 3.09. The minimum atomic E-state index is -0.270. The van der Waals surface area contributed by atoms with Crippen LogP contribution in [-0.2, 0) is 0 Å². The van der Waals surface area contributed by atoms with Crippen LogP contribution in [0.2, 0.25) is 0 Å². The number of rotatable bonds is 2. The second-order valence-corrected chi connectivity index (χ2v) is 3.71. The summed E-state index contributed by atoms with van der Waals surface area (Å²) in [5.41, 5.74) is 1.93. The summed E-state index contributed by atoms with van der Waals surface area (Å²) in [6, 6.07) is 8.61. The van der Waals surface area contributed by atoms with Crippen molar-refractivity contribution >= 4 is 24.9 Å². The van der Waals surface area contributed by atoms with Gasteiger partial charge in [0.1, 0.15) is 19.3 Å². The molecule has 0 saturated heterocycles. The minimum Gasteiger partial charge on any atom is -0.506 e. The average molecular weight is 226 g/mol. The average Bonchev–Trinajstić information content (AvgIpc) is 2.33. The monoisotopic (exact) mass is 226 g/mol. The fourth-order valence-electron chi connectivity index (χ4n) is 1.38. The van der Waals surface area contributed by atoms with Crippen LogP contribution >= 0.6 is 0 Å². The molecule has 0 spiro atoms. The second kappa shape index (κ2) is 4.70. The van der Waals surface area contributed by atoms with E-state index in [-0.39, 0.29) is 11.7 Å². The molecule has 5 heteroatoms. The van der Waals surface area contributed by atoms with Crippen molar-refractivity contribution in [2.45, 2.75) is 0 Å². The topological polar surface area (TPSA) is 62.2 Å². The van der Waals surface area contributed by atoms with Crippen LogP contribution in [0, 0.1) is 0 Å². The lowest BCUT2D eigenvalue weighted by Gasteiger charge is -2.06. The van der Waals surface area contributed by atoms with Crippen molar-refractivity contribution in [2.24, 2.45) is 0 Å². The highest BCUT2D eigenvalue weighted by atomic mass is 16.3. The summed E-state index contributed by atoms with van der Waals surface area (Å²) in [4.78, 5) is 15.7. The summed E-state index contributed by atoms with van der Waals surface area (Å²) in [5, 5.41) is 12.1. The van der Waals surface area contributed by atoms with Crippen molar-refractivity contribution in [3.05, 3.63) is 48.3 Å². The molecule has 84 valence electrons. The highest BCUT2D eigenvalue weighted by Gasteiger charge is 2.08. The van der Waals surface area contributed by atoms with Crippen LogP contribution in [-0.4, -0.2) is 23.8 Å². The fourth-order valence-corrected chi connectivity index (χ4v) is 1.38. The van der Waals surface area contributed by atoms with Crippen molar-refractivity contribution in [3.63, 3.8) is 0 Å². The van der Waals surface area contributed by atoms with Gasteiger partial charge in [0, 0.05) is 17.8 Å². The summed E-state index contributed by atoms with van der Waals surface area (Å²) < 4.78 is 0. The van der Waals surface area contributed by atoms with Crippen LogP contribution in [0.1, 0.15) is 10.4 Å². The van der Waals surface area contributed by atoms with Crippen LogP contribution in [0.5, 0.6) is 5.75 Å². The standard InChI is InChI=1S/C12H11BN2O2/c13-9-3-1-8(2-4-9)12(17)15-10-7-14-6-5-11(10)16/h1-7H,13H2,(H,14,16)(H,15,17). The zero-order chi connectivity index (χ0) is 12.3. The Balaban J connectivity index is 2.17. The maximum absolute atomic E-state index is 11.8. The molecule has 2 aromatic rings. The fraction of sp³-hybridized carbons (Fsp3) is 0.